The van der Waals surface area contributed by atoms with Crippen molar-refractivity contribution in [3.05, 3.63) is 107 Å². The molecule has 172 valence electrons. The van der Waals surface area contributed by atoms with Gasteiger partial charge in [-0.05, 0) is 99.9 Å². The van der Waals surface area contributed by atoms with Crippen molar-refractivity contribution in [2.75, 3.05) is 5.32 Å². The van der Waals surface area contributed by atoms with Crippen LogP contribution in [0.1, 0.15) is 61.8 Å². The Bertz CT molecular complexity index is 1530. The van der Waals surface area contributed by atoms with Gasteiger partial charge in [-0.1, -0.05) is 80.9 Å². The lowest BCUT2D eigenvalue weighted by Gasteiger charge is -2.36. The average molecular weight is 454 g/mol. The van der Waals surface area contributed by atoms with E-state index in [-0.39, 0.29) is 10.8 Å². The molecule has 2 saturated carbocycles. The Labute approximate surface area is 208 Å². The maximum Gasteiger partial charge on any atom is 0.0387 e. The van der Waals surface area contributed by atoms with Crippen molar-refractivity contribution in [2.45, 2.75) is 50.4 Å². The summed E-state index contributed by atoms with van der Waals surface area (Å²) in [5, 5.41) is 3.81. The third kappa shape index (κ3) is 2.49. The minimum atomic E-state index is 0.0241. The molecule has 3 atom stereocenters. The van der Waals surface area contributed by atoms with Crippen LogP contribution in [0.3, 0.4) is 0 Å². The Morgan fingerprint density at radius 3 is 1.91 bits per heavy atom. The van der Waals surface area contributed by atoms with Gasteiger partial charge < -0.3 is 5.32 Å². The van der Waals surface area contributed by atoms with E-state index in [1.54, 1.807) is 11.1 Å². The Hall–Kier alpha value is -3.32. The van der Waals surface area contributed by atoms with Crippen molar-refractivity contribution in [2.24, 2.45) is 11.8 Å². The van der Waals surface area contributed by atoms with E-state index < -0.39 is 0 Å². The summed E-state index contributed by atoms with van der Waals surface area (Å²) >= 11 is 0. The topological polar surface area (TPSA) is 12.0 Å². The number of fused-ring (bicyclic) bond motifs is 11. The Kier molecular flexibility index (Phi) is 3.80. The lowest BCUT2D eigenvalue weighted by Crippen LogP contribution is -2.31. The Morgan fingerprint density at radius 2 is 1.23 bits per heavy atom. The first-order valence-electron chi connectivity index (χ1n) is 13.3. The van der Waals surface area contributed by atoms with Crippen molar-refractivity contribution >= 4 is 11.4 Å². The highest BCUT2D eigenvalue weighted by Gasteiger charge is 2.56. The van der Waals surface area contributed by atoms with Crippen LogP contribution >= 0.6 is 0 Å². The van der Waals surface area contributed by atoms with Crippen LogP contribution < -0.4 is 5.32 Å². The third-order valence-electron chi connectivity index (χ3n) is 9.92. The molecular weight excluding hydrogens is 422 g/mol. The molecule has 4 aromatic carbocycles. The second-order valence-corrected chi connectivity index (χ2v) is 11.9. The van der Waals surface area contributed by atoms with Gasteiger partial charge in [0.1, 0.15) is 0 Å². The minimum Gasteiger partial charge on any atom is -0.356 e. The summed E-state index contributed by atoms with van der Waals surface area (Å²) in [6.45, 7) is 4.71. The molecule has 2 bridgehead atoms. The van der Waals surface area contributed by atoms with Gasteiger partial charge in [-0.25, -0.2) is 0 Å². The second kappa shape index (κ2) is 6.66. The number of anilines is 2. The van der Waals surface area contributed by atoms with Gasteiger partial charge in [-0.15, -0.1) is 0 Å². The number of hydrogen-bond donors (Lipinski definition) is 1. The zero-order valence-electron chi connectivity index (χ0n) is 20.6. The summed E-state index contributed by atoms with van der Waals surface area (Å²) in [6.07, 6.45) is 5.55. The molecule has 3 unspecified atom stereocenters. The fourth-order valence-electron chi connectivity index (χ4n) is 8.42. The quantitative estimate of drug-likeness (QED) is 0.320. The maximum atomic E-state index is 3.81. The van der Waals surface area contributed by atoms with Gasteiger partial charge in [0.15, 0.2) is 0 Å². The van der Waals surface area contributed by atoms with Gasteiger partial charge >= 0.3 is 0 Å². The van der Waals surface area contributed by atoms with Crippen LogP contribution in [0.15, 0.2) is 84.9 Å². The smallest absolute Gasteiger partial charge is 0.0387 e. The zero-order chi connectivity index (χ0) is 23.4. The molecule has 0 amide bonds. The number of nitrogens with one attached hydrogen (secondary N) is 1. The summed E-state index contributed by atoms with van der Waals surface area (Å²) < 4.78 is 0. The third-order valence-corrected chi connectivity index (χ3v) is 9.92. The highest BCUT2D eigenvalue weighted by molar-refractivity contribution is 5.85. The maximum absolute atomic E-state index is 3.81. The fourth-order valence-corrected chi connectivity index (χ4v) is 8.42. The first-order chi connectivity index (χ1) is 17.1. The molecular formula is C34H31N. The van der Waals surface area contributed by atoms with E-state index in [2.05, 4.69) is 104 Å². The molecule has 2 fully saturated rings. The van der Waals surface area contributed by atoms with E-state index in [1.165, 1.54) is 70.4 Å². The highest BCUT2D eigenvalue weighted by Crippen LogP contribution is 2.65. The Balaban J connectivity index is 1.21. The monoisotopic (exact) mass is 453 g/mol. The molecule has 8 rings (SSSR count). The van der Waals surface area contributed by atoms with Crippen LogP contribution in [0.5, 0.6) is 0 Å². The van der Waals surface area contributed by atoms with Crippen LogP contribution in [0.4, 0.5) is 11.4 Å². The largest absolute Gasteiger partial charge is 0.356 e. The van der Waals surface area contributed by atoms with E-state index in [0.29, 0.717) is 0 Å². The Morgan fingerprint density at radius 1 is 0.629 bits per heavy atom. The van der Waals surface area contributed by atoms with Gasteiger partial charge in [0.25, 0.3) is 0 Å². The van der Waals surface area contributed by atoms with Crippen LogP contribution in [-0.4, -0.2) is 0 Å². The first kappa shape index (κ1) is 19.9. The van der Waals surface area contributed by atoms with E-state index in [0.717, 1.165) is 11.8 Å². The van der Waals surface area contributed by atoms with Crippen LogP contribution in [-0.2, 0) is 10.8 Å². The van der Waals surface area contributed by atoms with E-state index in [9.17, 15) is 0 Å². The van der Waals surface area contributed by atoms with Crippen molar-refractivity contribution in [3.63, 3.8) is 0 Å². The van der Waals surface area contributed by atoms with Crippen molar-refractivity contribution < 1.29 is 0 Å². The number of rotatable bonds is 2. The molecule has 0 aromatic heterocycles. The highest BCUT2D eigenvalue weighted by atomic mass is 14.9. The first-order valence-corrected chi connectivity index (χ1v) is 13.3. The average Bonchev–Trinajstić information content (AvgIpc) is 3.61. The second-order valence-electron chi connectivity index (χ2n) is 11.9. The van der Waals surface area contributed by atoms with Crippen LogP contribution in [0.2, 0.25) is 0 Å². The molecule has 4 aromatic rings. The molecule has 1 nitrogen and oxygen atoms in total. The normalized spacial score (nSPS) is 25.9. The molecule has 0 radical (unpaired) electrons. The summed E-state index contributed by atoms with van der Waals surface area (Å²) in [4.78, 5) is 0. The lowest BCUT2D eigenvalue weighted by atomic mass is 9.67. The standard InChI is InChI=1S/C34H31N/c1-33(2)29-9-5-3-7-25(29)27-15-13-23(18-31(27)33)35-24-14-16-28-26-8-4-6-10-30(26)34(32(28)19-24)20-21-11-12-22(34)17-21/h3-10,13-16,18-19,21-22,35H,11-12,17,20H2,1-2H3. The van der Waals surface area contributed by atoms with Gasteiger partial charge in [-0.2, -0.15) is 0 Å². The number of hydrogen-bond acceptors (Lipinski definition) is 1. The van der Waals surface area contributed by atoms with Gasteiger partial charge in [0, 0.05) is 22.2 Å². The molecule has 0 aliphatic heterocycles. The van der Waals surface area contributed by atoms with Gasteiger partial charge in [0.2, 0.25) is 0 Å². The fraction of sp³-hybridized carbons (Fsp3) is 0.294. The van der Waals surface area contributed by atoms with Crippen LogP contribution in [0.25, 0.3) is 22.3 Å². The van der Waals surface area contributed by atoms with Crippen molar-refractivity contribution in [1.29, 1.82) is 0 Å². The summed E-state index contributed by atoms with van der Waals surface area (Å²) in [6, 6.07) is 32.2. The molecule has 0 saturated heterocycles. The van der Waals surface area contributed by atoms with Crippen molar-refractivity contribution in [1.82, 2.24) is 0 Å². The minimum absolute atomic E-state index is 0.0241. The predicted octanol–water partition coefficient (Wildman–Crippen LogP) is 8.82. The SMILES string of the molecule is CC1(C)c2ccccc2-c2ccc(Nc3ccc4c(c3)C3(CC5CCC3C5)c3ccccc3-4)cc21. The van der Waals surface area contributed by atoms with Crippen LogP contribution in [0, 0.1) is 11.8 Å². The summed E-state index contributed by atoms with van der Waals surface area (Å²) in [5.74, 6) is 1.70. The molecule has 1 spiro atoms. The molecule has 4 aliphatic carbocycles. The van der Waals surface area contributed by atoms with E-state index in [4.69, 9.17) is 0 Å². The molecule has 1 heteroatoms. The molecule has 35 heavy (non-hydrogen) atoms. The van der Waals surface area contributed by atoms with Gasteiger partial charge in [0.05, 0.1) is 0 Å². The summed E-state index contributed by atoms with van der Waals surface area (Å²) in [7, 11) is 0. The zero-order valence-corrected chi connectivity index (χ0v) is 20.6. The molecule has 4 aliphatic rings. The van der Waals surface area contributed by atoms with E-state index >= 15 is 0 Å². The van der Waals surface area contributed by atoms with Gasteiger partial charge in [-0.3, -0.25) is 0 Å². The number of benzene rings is 4. The summed E-state index contributed by atoms with van der Waals surface area (Å²) in [5.41, 5.74) is 14.4. The lowest BCUT2D eigenvalue weighted by molar-refractivity contribution is 0.327. The van der Waals surface area contributed by atoms with E-state index in [1.807, 2.05) is 0 Å². The molecule has 0 heterocycles. The predicted molar refractivity (Wildman–Crippen MR) is 145 cm³/mol. The van der Waals surface area contributed by atoms with Crippen molar-refractivity contribution in [3.8, 4) is 22.3 Å². The molecule has 1 N–H and O–H groups in total.